The Morgan fingerprint density at radius 2 is 1.91 bits per heavy atom. The number of Topliss-reactive ketones (excluding diaryl/α,β-unsaturated/α-hetero) is 1. The van der Waals surface area contributed by atoms with Crippen LogP contribution < -0.4 is 4.72 Å². The van der Waals surface area contributed by atoms with Crippen LogP contribution >= 0.6 is 15.9 Å². The summed E-state index contributed by atoms with van der Waals surface area (Å²) in [6.07, 6.45) is 1.40. The number of hydrogen-bond acceptors (Lipinski definition) is 4. The second kappa shape index (κ2) is 7.13. The number of sulfonamides is 1. The molecular formula is C15H15BrN2O3S. The first-order valence-corrected chi connectivity index (χ1v) is 8.98. The van der Waals surface area contributed by atoms with E-state index in [1.807, 2.05) is 30.3 Å². The highest BCUT2D eigenvalue weighted by Gasteiger charge is 2.25. The molecule has 0 saturated heterocycles. The third-order valence-corrected chi connectivity index (χ3v) is 4.81. The molecule has 1 N–H and O–H groups in total. The van der Waals surface area contributed by atoms with Crippen molar-refractivity contribution in [3.63, 3.8) is 0 Å². The number of carbonyl (C=O) groups excluding carboxylic acids is 1. The third-order valence-electron chi connectivity index (χ3n) is 2.96. The van der Waals surface area contributed by atoms with Crippen LogP contribution in [0.5, 0.6) is 0 Å². The van der Waals surface area contributed by atoms with Crippen LogP contribution in [0.25, 0.3) is 0 Å². The van der Waals surface area contributed by atoms with Gasteiger partial charge >= 0.3 is 0 Å². The van der Waals surface area contributed by atoms with Crippen LogP contribution in [0.4, 0.5) is 0 Å². The molecule has 0 saturated carbocycles. The van der Waals surface area contributed by atoms with Gasteiger partial charge in [-0.1, -0.05) is 46.3 Å². The molecule has 1 unspecified atom stereocenters. The summed E-state index contributed by atoms with van der Waals surface area (Å²) >= 11 is 3.15. The number of rotatable bonds is 6. The number of halogens is 1. The summed E-state index contributed by atoms with van der Waals surface area (Å²) in [5, 5.41) is 0. The number of hydrogen-bond donors (Lipinski definition) is 1. The molecule has 7 heteroatoms. The van der Waals surface area contributed by atoms with E-state index in [4.69, 9.17) is 0 Å². The van der Waals surface area contributed by atoms with Gasteiger partial charge in [-0.2, -0.15) is 0 Å². The van der Waals surface area contributed by atoms with Gasteiger partial charge in [0, 0.05) is 12.7 Å². The van der Waals surface area contributed by atoms with Crippen LogP contribution in [0.2, 0.25) is 0 Å². The van der Waals surface area contributed by atoms with Gasteiger partial charge in [0.05, 0.1) is 4.83 Å². The lowest BCUT2D eigenvalue weighted by Gasteiger charge is -2.11. The molecule has 5 nitrogen and oxygen atoms in total. The van der Waals surface area contributed by atoms with Crippen LogP contribution in [-0.4, -0.2) is 24.0 Å². The molecule has 1 aromatic heterocycles. The summed E-state index contributed by atoms with van der Waals surface area (Å²) in [7, 11) is -3.82. The molecule has 0 amide bonds. The van der Waals surface area contributed by atoms with Crippen molar-refractivity contribution in [3.8, 4) is 0 Å². The zero-order chi connectivity index (χ0) is 16.2. The first-order chi connectivity index (χ1) is 10.4. The van der Waals surface area contributed by atoms with E-state index < -0.39 is 14.9 Å². The largest absolute Gasteiger partial charge is 0.291 e. The maximum absolute atomic E-state index is 12.4. The minimum atomic E-state index is -3.82. The van der Waals surface area contributed by atoms with E-state index in [-0.39, 0.29) is 22.9 Å². The van der Waals surface area contributed by atoms with Crippen LogP contribution in [0.1, 0.15) is 23.0 Å². The van der Waals surface area contributed by atoms with Crippen LogP contribution in [0, 0.1) is 0 Å². The lowest BCUT2D eigenvalue weighted by molar-refractivity contribution is 0.0987. The molecule has 1 aromatic carbocycles. The molecule has 0 aliphatic carbocycles. The van der Waals surface area contributed by atoms with Crippen molar-refractivity contribution in [3.05, 3.63) is 59.9 Å². The number of pyridine rings is 1. The van der Waals surface area contributed by atoms with E-state index in [1.165, 1.54) is 18.3 Å². The van der Waals surface area contributed by atoms with Gasteiger partial charge in [0.25, 0.3) is 0 Å². The van der Waals surface area contributed by atoms with Crippen molar-refractivity contribution in [2.45, 2.75) is 23.2 Å². The molecule has 0 aliphatic heterocycles. The van der Waals surface area contributed by atoms with Crippen molar-refractivity contribution in [2.75, 3.05) is 0 Å². The number of ketones is 1. The van der Waals surface area contributed by atoms with Crippen LogP contribution in [0.3, 0.4) is 0 Å². The smallest absolute Gasteiger partial charge is 0.243 e. The molecular weight excluding hydrogens is 368 g/mol. The summed E-state index contributed by atoms with van der Waals surface area (Å²) in [6, 6.07) is 12.0. The molecule has 0 aliphatic rings. The van der Waals surface area contributed by atoms with E-state index >= 15 is 0 Å². The molecule has 0 bridgehead atoms. The Morgan fingerprint density at radius 1 is 1.23 bits per heavy atom. The van der Waals surface area contributed by atoms with Gasteiger partial charge in [-0.05, 0) is 24.6 Å². The Morgan fingerprint density at radius 3 is 2.55 bits per heavy atom. The molecule has 0 radical (unpaired) electrons. The second-order valence-corrected chi connectivity index (χ2v) is 7.75. The van der Waals surface area contributed by atoms with Crippen molar-refractivity contribution in [1.29, 1.82) is 0 Å². The molecule has 1 heterocycles. The monoisotopic (exact) mass is 382 g/mol. The summed E-state index contributed by atoms with van der Waals surface area (Å²) < 4.78 is 27.4. The predicted octanol–water partition coefficient (Wildman–Crippen LogP) is 2.53. The van der Waals surface area contributed by atoms with Crippen molar-refractivity contribution >= 4 is 31.7 Å². The highest BCUT2D eigenvalue weighted by atomic mass is 79.9. The van der Waals surface area contributed by atoms with Gasteiger partial charge in [-0.25, -0.2) is 13.1 Å². The molecule has 2 rings (SSSR count). The normalized spacial score (nSPS) is 12.8. The van der Waals surface area contributed by atoms with E-state index in [0.717, 1.165) is 5.56 Å². The highest BCUT2D eigenvalue weighted by Crippen LogP contribution is 2.17. The number of nitrogens with one attached hydrogen (secondary N) is 1. The molecule has 116 valence electrons. The van der Waals surface area contributed by atoms with E-state index in [0.29, 0.717) is 0 Å². The SMILES string of the molecule is CC(Br)C(=O)c1ncccc1S(=O)(=O)NCc1ccccc1. The zero-order valence-corrected chi connectivity index (χ0v) is 14.3. The number of benzene rings is 1. The number of carbonyl (C=O) groups is 1. The first-order valence-electron chi connectivity index (χ1n) is 6.58. The average Bonchev–Trinajstić information content (AvgIpc) is 2.53. The number of aromatic nitrogens is 1. The molecule has 22 heavy (non-hydrogen) atoms. The minimum absolute atomic E-state index is 0.0626. The van der Waals surface area contributed by atoms with Crippen LogP contribution in [-0.2, 0) is 16.6 Å². The topological polar surface area (TPSA) is 76.1 Å². The Kier molecular flexibility index (Phi) is 5.44. The fraction of sp³-hybridized carbons (Fsp3) is 0.200. The standard InChI is InChI=1S/C15H15BrN2O3S/c1-11(16)15(19)14-13(8-5-9-17-14)22(20,21)18-10-12-6-3-2-4-7-12/h2-9,11,18H,10H2,1H3. The third kappa shape index (κ3) is 4.00. The highest BCUT2D eigenvalue weighted by molar-refractivity contribution is 9.10. The summed E-state index contributed by atoms with van der Waals surface area (Å²) in [5.74, 6) is -0.374. The summed E-state index contributed by atoms with van der Waals surface area (Å²) in [4.78, 5) is 15.4. The summed E-state index contributed by atoms with van der Waals surface area (Å²) in [6.45, 7) is 1.78. The van der Waals surface area contributed by atoms with Crippen molar-refractivity contribution in [1.82, 2.24) is 9.71 Å². The lowest BCUT2D eigenvalue weighted by Crippen LogP contribution is -2.26. The van der Waals surface area contributed by atoms with Gasteiger partial charge in [0.2, 0.25) is 10.0 Å². The predicted molar refractivity (Wildman–Crippen MR) is 87.4 cm³/mol. The Bertz CT molecular complexity index is 761. The number of nitrogens with zero attached hydrogens (tertiary/aromatic N) is 1. The fourth-order valence-corrected chi connectivity index (χ4v) is 3.23. The van der Waals surface area contributed by atoms with Gasteiger partial charge in [-0.15, -0.1) is 0 Å². The first kappa shape index (κ1) is 16.8. The lowest BCUT2D eigenvalue weighted by atomic mass is 10.2. The van der Waals surface area contributed by atoms with Crippen molar-refractivity contribution < 1.29 is 13.2 Å². The van der Waals surface area contributed by atoms with Crippen LogP contribution in [0.15, 0.2) is 53.6 Å². The van der Waals surface area contributed by atoms with Gasteiger partial charge in [0.1, 0.15) is 10.6 Å². The second-order valence-electron chi connectivity index (χ2n) is 4.64. The van der Waals surface area contributed by atoms with Crippen molar-refractivity contribution in [2.24, 2.45) is 0 Å². The van der Waals surface area contributed by atoms with E-state index in [9.17, 15) is 13.2 Å². The maximum Gasteiger partial charge on any atom is 0.243 e. The van der Waals surface area contributed by atoms with E-state index in [1.54, 1.807) is 6.92 Å². The Balaban J connectivity index is 2.28. The molecule has 2 aromatic rings. The minimum Gasteiger partial charge on any atom is -0.291 e. The van der Waals surface area contributed by atoms with Gasteiger partial charge in [-0.3, -0.25) is 9.78 Å². The molecule has 0 spiro atoms. The quantitative estimate of drug-likeness (QED) is 0.615. The number of alkyl halides is 1. The fourth-order valence-electron chi connectivity index (χ4n) is 1.83. The Hall–Kier alpha value is -1.57. The maximum atomic E-state index is 12.4. The average molecular weight is 383 g/mol. The molecule has 1 atom stereocenters. The van der Waals surface area contributed by atoms with Gasteiger partial charge < -0.3 is 0 Å². The van der Waals surface area contributed by atoms with E-state index in [2.05, 4.69) is 25.6 Å². The van der Waals surface area contributed by atoms with Gasteiger partial charge in [0.15, 0.2) is 5.78 Å². The molecule has 0 fully saturated rings. The Labute approximate surface area is 138 Å². The zero-order valence-electron chi connectivity index (χ0n) is 11.9. The summed E-state index contributed by atoms with van der Waals surface area (Å²) in [5.41, 5.74) is 0.768.